The van der Waals surface area contributed by atoms with Gasteiger partial charge in [0.15, 0.2) is 0 Å². The fraction of sp³-hybridized carbons (Fsp3) is 0.214. The van der Waals surface area contributed by atoms with Crippen molar-refractivity contribution in [3.8, 4) is 11.5 Å². The van der Waals surface area contributed by atoms with Crippen molar-refractivity contribution in [2.45, 2.75) is 38.5 Å². The van der Waals surface area contributed by atoms with Gasteiger partial charge in [-0.05, 0) is 71.9 Å². The van der Waals surface area contributed by atoms with E-state index in [0.717, 1.165) is 46.6 Å². The zero-order chi connectivity index (χ0) is 21.1. The molecule has 3 nitrogen and oxygen atoms in total. The summed E-state index contributed by atoms with van der Waals surface area (Å²) in [5, 5.41) is 20.7. The Morgan fingerprint density at radius 2 is 1.19 bits per heavy atom. The van der Waals surface area contributed by atoms with Gasteiger partial charge in [0, 0.05) is 29.9 Å². The van der Waals surface area contributed by atoms with Crippen LogP contribution in [-0.2, 0) is 12.8 Å². The summed E-state index contributed by atoms with van der Waals surface area (Å²) in [6, 6.07) is 17.1. The summed E-state index contributed by atoms with van der Waals surface area (Å²) < 4.78 is 6.43. The van der Waals surface area contributed by atoms with Gasteiger partial charge in [0.2, 0.25) is 0 Å². The molecule has 6 rings (SSSR count). The van der Waals surface area contributed by atoms with E-state index in [9.17, 15) is 10.2 Å². The fourth-order valence-corrected chi connectivity index (χ4v) is 5.23. The molecule has 0 atom stereocenters. The van der Waals surface area contributed by atoms with Gasteiger partial charge in [-0.15, -0.1) is 0 Å². The van der Waals surface area contributed by atoms with Crippen molar-refractivity contribution in [1.29, 1.82) is 0 Å². The quantitative estimate of drug-likeness (QED) is 0.357. The Morgan fingerprint density at radius 3 is 1.71 bits per heavy atom. The van der Waals surface area contributed by atoms with Crippen LogP contribution in [0.1, 0.15) is 63.3 Å². The maximum absolute atomic E-state index is 10.4. The van der Waals surface area contributed by atoms with E-state index in [-0.39, 0.29) is 5.92 Å². The molecule has 3 heteroatoms. The summed E-state index contributed by atoms with van der Waals surface area (Å²) in [5.74, 6) is 2.48. The molecule has 2 aliphatic carbocycles. The lowest BCUT2D eigenvalue weighted by Gasteiger charge is -2.34. The second kappa shape index (κ2) is 6.78. The molecule has 0 spiro atoms. The summed E-state index contributed by atoms with van der Waals surface area (Å²) in [6.07, 6.45) is 6.82. The smallest absolute Gasteiger partial charge is 0.132 e. The van der Waals surface area contributed by atoms with Crippen LogP contribution in [-0.4, -0.2) is 10.2 Å². The number of aliphatic hydroxyl groups excluding tert-OH is 2. The Labute approximate surface area is 182 Å². The molecule has 3 aromatic rings. The van der Waals surface area contributed by atoms with E-state index in [1.165, 1.54) is 22.3 Å². The molecule has 0 saturated carbocycles. The van der Waals surface area contributed by atoms with Crippen molar-refractivity contribution in [3.05, 3.63) is 105 Å². The number of hydrogen-bond donors (Lipinski definition) is 2. The van der Waals surface area contributed by atoms with E-state index in [4.69, 9.17) is 4.74 Å². The average Bonchev–Trinajstić information content (AvgIpc) is 2.78. The van der Waals surface area contributed by atoms with Gasteiger partial charge < -0.3 is 14.9 Å². The van der Waals surface area contributed by atoms with Gasteiger partial charge in [0.1, 0.15) is 11.5 Å². The van der Waals surface area contributed by atoms with Crippen molar-refractivity contribution in [3.63, 3.8) is 0 Å². The van der Waals surface area contributed by atoms with Crippen molar-refractivity contribution < 1.29 is 14.9 Å². The molecule has 0 bridgehead atoms. The molecule has 0 fully saturated rings. The zero-order valence-corrected chi connectivity index (χ0v) is 17.5. The van der Waals surface area contributed by atoms with E-state index in [0.29, 0.717) is 24.4 Å². The van der Waals surface area contributed by atoms with Gasteiger partial charge in [0.25, 0.3) is 0 Å². The number of hydrogen-bond acceptors (Lipinski definition) is 3. The Balaban J connectivity index is 1.68. The largest absolute Gasteiger partial charge is 0.512 e. The SMILES string of the molecule is Cc1ccc(C2c3c(ccc4c3C=C(O)CC4)Oc3ccc4c(c32)C=C(O)CC4)cc1. The normalized spacial score (nSPS) is 16.8. The van der Waals surface area contributed by atoms with Crippen LogP contribution in [0.3, 0.4) is 0 Å². The van der Waals surface area contributed by atoms with Gasteiger partial charge >= 0.3 is 0 Å². The molecule has 3 aromatic carbocycles. The number of aliphatic hydroxyl groups is 2. The third-order valence-corrected chi connectivity index (χ3v) is 6.81. The first-order valence-corrected chi connectivity index (χ1v) is 10.9. The third kappa shape index (κ3) is 2.88. The predicted octanol–water partition coefficient (Wildman–Crippen LogP) is 6.97. The van der Waals surface area contributed by atoms with Crippen molar-refractivity contribution in [2.24, 2.45) is 0 Å². The monoisotopic (exact) mass is 408 g/mol. The summed E-state index contributed by atoms with van der Waals surface area (Å²) in [7, 11) is 0. The highest BCUT2D eigenvalue weighted by Gasteiger charge is 2.35. The zero-order valence-electron chi connectivity index (χ0n) is 17.5. The second-order valence-electron chi connectivity index (χ2n) is 8.82. The van der Waals surface area contributed by atoms with Crippen LogP contribution in [0.25, 0.3) is 12.2 Å². The van der Waals surface area contributed by atoms with E-state index < -0.39 is 0 Å². The lowest BCUT2D eigenvalue weighted by Crippen LogP contribution is -2.18. The molecule has 1 aliphatic heterocycles. The summed E-state index contributed by atoms with van der Waals surface area (Å²) >= 11 is 0. The first-order valence-electron chi connectivity index (χ1n) is 10.9. The average molecular weight is 408 g/mol. The number of fused-ring (bicyclic) bond motifs is 6. The fourth-order valence-electron chi connectivity index (χ4n) is 5.23. The molecule has 31 heavy (non-hydrogen) atoms. The van der Waals surface area contributed by atoms with E-state index in [2.05, 4.69) is 55.5 Å². The van der Waals surface area contributed by atoms with Gasteiger partial charge in [0.05, 0.1) is 11.5 Å². The van der Waals surface area contributed by atoms with Crippen LogP contribution in [0, 0.1) is 6.92 Å². The predicted molar refractivity (Wildman–Crippen MR) is 123 cm³/mol. The third-order valence-electron chi connectivity index (χ3n) is 6.81. The number of ether oxygens (including phenoxy) is 1. The molecule has 0 radical (unpaired) electrons. The Bertz CT molecular complexity index is 1200. The molecular weight excluding hydrogens is 384 g/mol. The van der Waals surface area contributed by atoms with Crippen LogP contribution in [0.4, 0.5) is 0 Å². The van der Waals surface area contributed by atoms with Crippen LogP contribution in [0.5, 0.6) is 11.5 Å². The number of allylic oxidation sites excluding steroid dienone is 2. The highest BCUT2D eigenvalue weighted by Crippen LogP contribution is 2.53. The minimum Gasteiger partial charge on any atom is -0.512 e. The maximum Gasteiger partial charge on any atom is 0.132 e. The van der Waals surface area contributed by atoms with E-state index in [1.54, 1.807) is 0 Å². The van der Waals surface area contributed by atoms with Gasteiger partial charge in [-0.3, -0.25) is 0 Å². The topological polar surface area (TPSA) is 49.7 Å². The van der Waals surface area contributed by atoms with Gasteiger partial charge in [-0.25, -0.2) is 0 Å². The molecule has 154 valence electrons. The Morgan fingerprint density at radius 1 is 0.677 bits per heavy atom. The van der Waals surface area contributed by atoms with Crippen LogP contribution in [0.15, 0.2) is 60.0 Å². The van der Waals surface area contributed by atoms with Crippen LogP contribution < -0.4 is 4.74 Å². The number of benzene rings is 3. The van der Waals surface area contributed by atoms with Gasteiger partial charge in [-0.1, -0.05) is 42.0 Å². The standard InChI is InChI=1S/C28H24O3/c1-16-2-4-19(5-3-16)26-27-22-14-20(29)10-6-17(22)8-12-24(27)31-25-13-9-18-7-11-21(30)15-23(18)28(25)26/h2-5,8-9,12-15,26,29-30H,6-7,10-11H2,1H3. The molecule has 2 N–H and O–H groups in total. The lowest BCUT2D eigenvalue weighted by molar-refractivity contribution is 0.390. The number of aryl methyl sites for hydroxylation is 3. The molecule has 0 unspecified atom stereocenters. The number of rotatable bonds is 1. The van der Waals surface area contributed by atoms with E-state index >= 15 is 0 Å². The van der Waals surface area contributed by atoms with Crippen molar-refractivity contribution in [1.82, 2.24) is 0 Å². The molecule has 0 saturated heterocycles. The molecule has 1 heterocycles. The molecule has 3 aliphatic rings. The first kappa shape index (κ1) is 18.3. The molecule has 0 aromatic heterocycles. The van der Waals surface area contributed by atoms with E-state index in [1.807, 2.05) is 12.2 Å². The minimum atomic E-state index is -0.0338. The minimum absolute atomic E-state index is 0.0338. The van der Waals surface area contributed by atoms with Crippen molar-refractivity contribution >= 4 is 12.2 Å². The Hall–Kier alpha value is -3.46. The maximum atomic E-state index is 10.4. The second-order valence-corrected chi connectivity index (χ2v) is 8.82. The van der Waals surface area contributed by atoms with Crippen molar-refractivity contribution in [2.75, 3.05) is 0 Å². The Kier molecular flexibility index (Phi) is 4.01. The van der Waals surface area contributed by atoms with Crippen LogP contribution in [0.2, 0.25) is 0 Å². The summed E-state index contributed by atoms with van der Waals surface area (Å²) in [6.45, 7) is 2.10. The highest BCUT2D eigenvalue weighted by molar-refractivity contribution is 5.76. The summed E-state index contributed by atoms with van der Waals surface area (Å²) in [5.41, 5.74) is 9.23. The first-order chi connectivity index (χ1) is 15.1. The molecular formula is C28H24O3. The van der Waals surface area contributed by atoms with Gasteiger partial charge in [-0.2, -0.15) is 0 Å². The molecule has 0 amide bonds. The van der Waals surface area contributed by atoms with Crippen LogP contribution >= 0.6 is 0 Å². The highest BCUT2D eigenvalue weighted by atomic mass is 16.5. The lowest BCUT2D eigenvalue weighted by atomic mass is 9.74. The summed E-state index contributed by atoms with van der Waals surface area (Å²) in [4.78, 5) is 0.